The fourth-order valence-corrected chi connectivity index (χ4v) is 20.3. The number of ketones is 2. The Morgan fingerprint density at radius 1 is 0.427 bits per heavy atom. The molecule has 23 rings (SSSR count). The number of aliphatic hydroxyl groups is 20. The molecule has 23 heterocycles. The number of nitrogens with one attached hydrogen (secondary N) is 3. The molecule has 0 radical (unpaired) electrons. The van der Waals surface area contributed by atoms with Crippen LogP contribution in [0, 0.1) is 5.92 Å². The third kappa shape index (κ3) is 27.0. The molecule has 21 aliphatic heterocycles. The van der Waals surface area contributed by atoms with Gasteiger partial charge in [-0.3, -0.25) is 19.2 Å². The molecule has 14 bridgehead atoms. The lowest BCUT2D eigenvalue weighted by atomic mass is 9.94. The van der Waals surface area contributed by atoms with Gasteiger partial charge in [0.1, 0.15) is 174 Å². The summed E-state index contributed by atoms with van der Waals surface area (Å²) in [6.07, 6.45) is -70.2. The Kier molecular flexibility index (Phi) is 41.9. The number of pyridine rings is 2. The summed E-state index contributed by atoms with van der Waals surface area (Å²) in [5.41, 5.74) is 0. The highest BCUT2D eigenvalue weighted by Gasteiger charge is 2.63. The lowest BCUT2D eigenvalue weighted by molar-refractivity contribution is -0.480. The van der Waals surface area contributed by atoms with E-state index in [0.717, 1.165) is 28.5 Å². The number of likely N-dealkylation sites (N-methyl/N-ethyl adjacent to an activating group) is 1. The van der Waals surface area contributed by atoms with E-state index in [1.54, 1.807) is 36.7 Å². The van der Waals surface area contributed by atoms with Crippen molar-refractivity contribution in [1.29, 1.82) is 0 Å². The first kappa shape index (κ1) is 103. The third-order valence-electron chi connectivity index (χ3n) is 21.2. The number of aliphatic hydroxyl groups excluding tert-OH is 19. The number of thioether (sulfide) groups is 2. The summed E-state index contributed by atoms with van der Waals surface area (Å²) in [7, 11) is 7.04. The van der Waals surface area contributed by atoms with Crippen molar-refractivity contribution in [1.82, 2.24) is 25.9 Å². The second-order valence-corrected chi connectivity index (χ2v) is 37.0. The minimum atomic E-state index is -3.58. The van der Waals surface area contributed by atoms with E-state index in [9.17, 15) is 121 Å². The second kappa shape index (κ2) is 50.3. The number of carbonyl (C=O) groups excluding carboxylic acids is 4. The van der Waals surface area contributed by atoms with Crippen LogP contribution < -0.4 is 16.0 Å². The first-order chi connectivity index (χ1) is 59.5. The maximum Gasteiger partial charge on any atom is 0.311 e. The Balaban J connectivity index is 0.920. The molecule has 37 atom stereocenters. The molecule has 0 aliphatic carbocycles. The number of Topliss-reactive ketones (excluding diaryl/α,β-unsaturated/α-hetero) is 2. The van der Waals surface area contributed by atoms with Crippen molar-refractivity contribution >= 4 is 90.1 Å². The van der Waals surface area contributed by atoms with Crippen LogP contribution in [0.2, 0.25) is 0 Å². The van der Waals surface area contributed by atoms with Gasteiger partial charge in [0.15, 0.2) is 43.8 Å². The van der Waals surface area contributed by atoms with Gasteiger partial charge in [0.25, 0.3) is 0 Å². The van der Waals surface area contributed by atoms with Gasteiger partial charge in [0.05, 0.1) is 83.6 Å². The van der Waals surface area contributed by atoms with Crippen LogP contribution in [0.1, 0.15) is 26.2 Å². The highest BCUT2D eigenvalue weighted by molar-refractivity contribution is 8.77. The number of rotatable bonds is 37. The summed E-state index contributed by atoms with van der Waals surface area (Å²) in [4.78, 5) is 61.3. The van der Waals surface area contributed by atoms with Gasteiger partial charge in [-0.2, -0.15) is 23.5 Å². The van der Waals surface area contributed by atoms with Gasteiger partial charge in [-0.25, -0.2) is 9.97 Å². The number of ether oxygens (including phenoxy) is 16. The molecular formula is C73H113N5O40S6. The lowest BCUT2D eigenvalue weighted by Gasteiger charge is -2.52. The molecule has 2 aromatic heterocycles. The van der Waals surface area contributed by atoms with Gasteiger partial charge in [0, 0.05) is 79.3 Å². The Hall–Kier alpha value is -2.80. The van der Waals surface area contributed by atoms with Gasteiger partial charge in [-0.05, 0) is 59.8 Å². The van der Waals surface area contributed by atoms with E-state index in [0.29, 0.717) is 16.5 Å². The summed E-state index contributed by atoms with van der Waals surface area (Å²) >= 11 is 1.86. The smallest absolute Gasteiger partial charge is 0.311 e. The molecule has 2 aromatic rings. The van der Waals surface area contributed by atoms with Crippen molar-refractivity contribution < 1.29 is 197 Å². The summed E-state index contributed by atoms with van der Waals surface area (Å²) in [5, 5.41) is 244. The standard InChI is InChI=1S/C73H113N5O40S6/c1-31(84)9-15-103-17-18-104-16-10-33(85)21-32(65(100)77-13-19-121-123-42-7-3-5-11-75-42)27-119-29-40-62-48(90)54(96)71(109-40)113-59-38(25-82)107-69(52(94)46(59)88)115-61-39(26-83)117-73(102,64(99)56(61)98)118-63-41(30-120-28-34(74-2)66(101)78-14-20-122-124-43-8-4-6-12-76-43)110-72(55(97)49(63)91)114-60-37(24-81)106-68(51(93)45(60)87)111-57-35(22-79)105-67(50(92)44(57)86)112-58-36(23-80)108-70(116-62)53(95)47(58)89/h3-8,11-12,32,34-41,44-64,67-72,74,79-83,86-99,102H,9-10,13-30H2,1-2H3,(H,77,100)(H,78,101)/t32-,34-,35?,36?,37?,38?,39?,40?,41?,44-,45-,46-,47-,48-,49-,50?,51?,52?,53?,54?,55?,56+,57+,58+,59+,60+,61+,62+,63+,64?,67+,68+,69+,70+,71+,72+,73-/m1/s1. The Labute approximate surface area is 734 Å². The van der Waals surface area contributed by atoms with E-state index in [1.165, 1.54) is 57.1 Å². The molecule has 2 amide bonds. The zero-order chi connectivity index (χ0) is 89.6. The minimum Gasteiger partial charge on any atom is -0.394 e. The number of aromatic nitrogens is 2. The van der Waals surface area contributed by atoms with E-state index >= 15 is 0 Å². The highest BCUT2D eigenvalue weighted by Crippen LogP contribution is 2.42. The molecule has 0 spiro atoms. The monoisotopic (exact) mass is 1890 g/mol. The van der Waals surface area contributed by atoms with E-state index in [2.05, 4.69) is 25.9 Å². The maximum atomic E-state index is 14.2. The predicted molar refractivity (Wildman–Crippen MR) is 429 cm³/mol. The fourth-order valence-electron chi connectivity index (χ4n) is 14.4. The number of amides is 2. The fraction of sp³-hybridized carbons (Fsp3) is 0.808. The summed E-state index contributed by atoms with van der Waals surface area (Å²) in [6, 6.07) is 9.80. The zero-order valence-electron chi connectivity index (χ0n) is 67.0. The Morgan fingerprint density at radius 2 is 0.782 bits per heavy atom. The van der Waals surface area contributed by atoms with Gasteiger partial charge in [0.2, 0.25) is 11.8 Å². The first-order valence-corrected chi connectivity index (χ1v) is 46.9. The third-order valence-corrected chi connectivity index (χ3v) is 28.1. The maximum absolute atomic E-state index is 14.2. The van der Waals surface area contributed by atoms with Crippen LogP contribution in [0.4, 0.5) is 0 Å². The van der Waals surface area contributed by atoms with E-state index in [4.69, 9.17) is 75.8 Å². The van der Waals surface area contributed by atoms with Crippen LogP contribution in [0.15, 0.2) is 58.8 Å². The van der Waals surface area contributed by atoms with E-state index < -0.39 is 289 Å². The highest BCUT2D eigenvalue weighted by atomic mass is 33.1. The molecule has 706 valence electrons. The molecule has 14 unspecified atom stereocenters. The molecule has 124 heavy (non-hydrogen) atoms. The predicted octanol–water partition coefficient (Wildman–Crippen LogP) is -9.96. The van der Waals surface area contributed by atoms with Crippen molar-refractivity contribution in [3.8, 4) is 0 Å². The van der Waals surface area contributed by atoms with Crippen LogP contribution in [0.3, 0.4) is 0 Å². The van der Waals surface area contributed by atoms with Gasteiger partial charge < -0.3 is 194 Å². The number of hydrogen-bond acceptors (Lipinski definition) is 49. The topological polar surface area (TPSA) is 682 Å². The molecule has 23 N–H and O–H groups in total. The molecule has 0 aromatic carbocycles. The molecule has 51 heteroatoms. The van der Waals surface area contributed by atoms with Gasteiger partial charge in [-0.1, -0.05) is 33.7 Å². The molecule has 21 aliphatic rings. The van der Waals surface area contributed by atoms with Crippen LogP contribution in [-0.4, -0.2) is 470 Å². The van der Waals surface area contributed by atoms with Crippen molar-refractivity contribution in [2.45, 2.75) is 257 Å². The zero-order valence-corrected chi connectivity index (χ0v) is 71.9. The molecule has 0 saturated carbocycles. The van der Waals surface area contributed by atoms with E-state index in [1.807, 2.05) is 12.1 Å². The van der Waals surface area contributed by atoms with Gasteiger partial charge in [-0.15, -0.1) is 0 Å². The van der Waals surface area contributed by atoms with Crippen LogP contribution in [0.25, 0.3) is 0 Å². The molecule has 21 fully saturated rings. The van der Waals surface area contributed by atoms with E-state index in [-0.39, 0.29) is 76.1 Å². The van der Waals surface area contributed by atoms with Crippen LogP contribution in [0.5, 0.6) is 0 Å². The normalized spacial score (nSPS) is 39.8. The summed E-state index contributed by atoms with van der Waals surface area (Å²) < 4.78 is 94.7. The van der Waals surface area contributed by atoms with Gasteiger partial charge >= 0.3 is 5.97 Å². The molecule has 45 nitrogen and oxygen atoms in total. The van der Waals surface area contributed by atoms with Crippen molar-refractivity contribution in [2.24, 2.45) is 5.92 Å². The second-order valence-electron chi connectivity index (χ2n) is 30.0. The van der Waals surface area contributed by atoms with Crippen molar-refractivity contribution in [3.05, 3.63) is 48.8 Å². The summed E-state index contributed by atoms with van der Waals surface area (Å²) in [6.45, 7) is -3.72. The Bertz CT molecular complexity index is 3520. The summed E-state index contributed by atoms with van der Waals surface area (Å²) in [5.74, 6) is -6.51. The lowest BCUT2D eigenvalue weighted by Crippen LogP contribution is -2.71. The molecule has 21 saturated heterocycles. The minimum absolute atomic E-state index is 0.0700. The largest absolute Gasteiger partial charge is 0.394 e. The van der Waals surface area contributed by atoms with Crippen molar-refractivity contribution in [2.75, 3.05) is 114 Å². The number of hydrogen-bond donors (Lipinski definition) is 23. The first-order valence-electron chi connectivity index (χ1n) is 39.9. The van der Waals surface area contributed by atoms with Crippen molar-refractivity contribution in [3.63, 3.8) is 0 Å². The quantitative estimate of drug-likeness (QED) is 0.0221. The average molecular weight is 1890 g/mol. The number of carbonyl (C=O) groups is 4. The molecular weight excluding hydrogens is 1780 g/mol. The Morgan fingerprint density at radius 3 is 1.16 bits per heavy atom. The van der Waals surface area contributed by atoms with Crippen LogP contribution in [-0.2, 0) is 95.0 Å². The SMILES string of the molecule is CN[C@H](CSCC1O[C@H]2O[C@H]3C(CO)O[C@@H](O[C@H]4C(CO)O[C@@H](O[C@H]5C(CO)O[C@@H](O[C@H]6C(CSC[C@@H](CC(=O)CCOCCOCCC(C)=O)C(=O)NCCSSc7ccccn7)O[C@@H](O[C@H]7C(CO)O[C@@H](O[C@H]8C(CO)O[C@@](O)(O[C@@H]1[C@H](O)C2O)C(O)[C@H]8O)C(O)[C@H]7O)C(O)[C@H]6O)C(O)[C@H]5O)C(O)[C@H]4O)C(O)[C@H]3O)C(=O)NCCSSc1ccccn1. The number of nitrogens with zero attached hydrogens (tertiary/aromatic N) is 2. The van der Waals surface area contributed by atoms with Crippen LogP contribution >= 0.6 is 66.7 Å². The average Bonchev–Trinajstić information content (AvgIpc) is 0.763.